The highest BCUT2D eigenvalue weighted by Gasteiger charge is 2.14. The lowest BCUT2D eigenvalue weighted by Crippen LogP contribution is -2.26. The first-order valence-electron chi connectivity index (χ1n) is 6.99. The van der Waals surface area contributed by atoms with Crippen molar-refractivity contribution < 1.29 is 18.3 Å². The van der Waals surface area contributed by atoms with Crippen molar-refractivity contribution in [1.29, 1.82) is 0 Å². The molecule has 0 saturated heterocycles. The minimum Gasteiger partial charge on any atom is -0.434 e. The highest BCUT2D eigenvalue weighted by atomic mass is 35.5. The van der Waals surface area contributed by atoms with E-state index in [1.54, 1.807) is 23.9 Å². The van der Waals surface area contributed by atoms with E-state index in [0.717, 1.165) is 5.69 Å². The second-order valence-electron chi connectivity index (χ2n) is 4.81. The largest absolute Gasteiger partial charge is 0.434 e. The fourth-order valence-electron chi connectivity index (χ4n) is 2.00. The second-order valence-corrected chi connectivity index (χ2v) is 5.22. The van der Waals surface area contributed by atoms with Crippen molar-refractivity contribution in [2.45, 2.75) is 26.5 Å². The number of nitrogens with one attached hydrogen (secondary N) is 1. The summed E-state index contributed by atoms with van der Waals surface area (Å²) < 4.78 is 30.7. The van der Waals surface area contributed by atoms with Gasteiger partial charge in [0.1, 0.15) is 5.75 Å². The van der Waals surface area contributed by atoms with E-state index in [2.05, 4.69) is 15.2 Å². The number of rotatable bonds is 7. The Kier molecular flexibility index (Phi) is 5.92. The molecule has 0 atom stereocenters. The maximum Gasteiger partial charge on any atom is 0.387 e. The summed E-state index contributed by atoms with van der Waals surface area (Å²) in [5.41, 5.74) is 0.819. The molecule has 124 valence electrons. The van der Waals surface area contributed by atoms with Crippen LogP contribution in [-0.2, 0) is 6.54 Å². The number of halogens is 3. The number of hydrogen-bond donors (Lipinski definition) is 1. The number of amides is 1. The van der Waals surface area contributed by atoms with Crippen LogP contribution >= 0.6 is 11.6 Å². The van der Waals surface area contributed by atoms with Crippen LogP contribution in [0.2, 0.25) is 5.02 Å². The number of nitrogens with zero attached hydrogens (tertiary/aromatic N) is 2. The topological polar surface area (TPSA) is 56.2 Å². The van der Waals surface area contributed by atoms with Gasteiger partial charge in [0.2, 0.25) is 0 Å². The van der Waals surface area contributed by atoms with E-state index in [4.69, 9.17) is 11.6 Å². The lowest BCUT2D eigenvalue weighted by Gasteiger charge is -2.10. The fourth-order valence-corrected chi connectivity index (χ4v) is 2.15. The molecule has 0 fully saturated rings. The maximum absolute atomic E-state index is 12.3. The molecule has 1 N–H and O–H groups in total. The quantitative estimate of drug-likeness (QED) is 0.785. The Balaban J connectivity index is 1.85. The Hall–Kier alpha value is -2.15. The van der Waals surface area contributed by atoms with E-state index >= 15 is 0 Å². The number of alkyl halides is 2. The van der Waals surface area contributed by atoms with Gasteiger partial charge in [-0.3, -0.25) is 9.48 Å². The number of hydrogen-bond acceptors (Lipinski definition) is 3. The van der Waals surface area contributed by atoms with Crippen molar-refractivity contribution in [2.75, 3.05) is 6.54 Å². The van der Waals surface area contributed by atoms with E-state index < -0.39 is 12.5 Å². The SMILES string of the molecule is Cc1nn(CCCNC(=O)c2ccccc2OC(F)F)cc1Cl. The second kappa shape index (κ2) is 7.92. The normalized spacial score (nSPS) is 10.8. The standard InChI is InChI=1S/C15H16ClF2N3O2/c1-10-12(16)9-21(20-10)8-4-7-19-14(22)11-5-2-3-6-13(11)23-15(17)18/h2-3,5-6,9,15H,4,7-8H2,1H3,(H,19,22). The number of aromatic nitrogens is 2. The van der Waals surface area contributed by atoms with Gasteiger partial charge in [-0.1, -0.05) is 23.7 Å². The molecule has 2 aromatic rings. The molecule has 0 radical (unpaired) electrons. The number of carbonyl (C=O) groups excluding carboxylic acids is 1. The van der Waals surface area contributed by atoms with Crippen LogP contribution in [0.25, 0.3) is 0 Å². The average Bonchev–Trinajstić information content (AvgIpc) is 2.82. The Morgan fingerprint density at radius 2 is 2.17 bits per heavy atom. The van der Waals surface area contributed by atoms with Crippen molar-refractivity contribution in [2.24, 2.45) is 0 Å². The van der Waals surface area contributed by atoms with Gasteiger partial charge in [-0.25, -0.2) is 0 Å². The van der Waals surface area contributed by atoms with Crippen LogP contribution in [0.4, 0.5) is 8.78 Å². The van der Waals surface area contributed by atoms with Gasteiger partial charge in [0, 0.05) is 19.3 Å². The van der Waals surface area contributed by atoms with Gasteiger partial charge in [-0.2, -0.15) is 13.9 Å². The summed E-state index contributed by atoms with van der Waals surface area (Å²) in [6.07, 6.45) is 2.34. The zero-order valence-corrected chi connectivity index (χ0v) is 13.2. The molecule has 1 aromatic carbocycles. The lowest BCUT2D eigenvalue weighted by atomic mass is 10.2. The zero-order chi connectivity index (χ0) is 16.8. The van der Waals surface area contributed by atoms with Crippen molar-refractivity contribution in [3.8, 4) is 5.75 Å². The summed E-state index contributed by atoms with van der Waals surface area (Å²) in [5.74, 6) is -0.606. The minimum atomic E-state index is -2.98. The van der Waals surface area contributed by atoms with E-state index in [9.17, 15) is 13.6 Å². The fraction of sp³-hybridized carbons (Fsp3) is 0.333. The van der Waals surface area contributed by atoms with E-state index in [1.165, 1.54) is 18.2 Å². The van der Waals surface area contributed by atoms with Crippen LogP contribution in [0.5, 0.6) is 5.75 Å². The Bertz CT molecular complexity index is 657. The molecule has 1 aromatic heterocycles. The molecule has 1 amide bonds. The summed E-state index contributed by atoms with van der Waals surface area (Å²) in [6, 6.07) is 5.87. The molecular formula is C15H16ClF2N3O2. The van der Waals surface area contributed by atoms with Gasteiger partial charge in [0.05, 0.1) is 16.3 Å². The molecule has 8 heteroatoms. The maximum atomic E-state index is 12.3. The highest BCUT2D eigenvalue weighted by Crippen LogP contribution is 2.20. The molecule has 0 bridgehead atoms. The van der Waals surface area contributed by atoms with Gasteiger partial charge >= 0.3 is 6.61 Å². The van der Waals surface area contributed by atoms with Gasteiger partial charge < -0.3 is 10.1 Å². The molecular weight excluding hydrogens is 328 g/mol. The van der Waals surface area contributed by atoms with Crippen molar-refractivity contribution >= 4 is 17.5 Å². The third-order valence-corrected chi connectivity index (χ3v) is 3.45. The zero-order valence-electron chi connectivity index (χ0n) is 12.4. The molecule has 0 aliphatic rings. The predicted molar refractivity (Wildman–Crippen MR) is 82.0 cm³/mol. The molecule has 0 unspecified atom stereocenters. The van der Waals surface area contributed by atoms with Crippen LogP contribution < -0.4 is 10.1 Å². The van der Waals surface area contributed by atoms with Gasteiger partial charge in [0.15, 0.2) is 0 Å². The van der Waals surface area contributed by atoms with Gasteiger partial charge in [-0.15, -0.1) is 0 Å². The van der Waals surface area contributed by atoms with Gasteiger partial charge in [-0.05, 0) is 25.5 Å². The Morgan fingerprint density at radius 3 is 2.83 bits per heavy atom. The third kappa shape index (κ3) is 4.92. The van der Waals surface area contributed by atoms with E-state index in [-0.39, 0.29) is 11.3 Å². The number of aryl methyl sites for hydroxylation is 2. The average molecular weight is 344 g/mol. The van der Waals surface area contributed by atoms with Crippen LogP contribution in [-0.4, -0.2) is 28.8 Å². The summed E-state index contributed by atoms with van der Waals surface area (Å²) in [5, 5.41) is 7.46. The van der Waals surface area contributed by atoms with Crippen LogP contribution in [0.15, 0.2) is 30.5 Å². The van der Waals surface area contributed by atoms with E-state index in [1.807, 2.05) is 0 Å². The number of carbonyl (C=O) groups is 1. The molecule has 0 aliphatic heterocycles. The third-order valence-electron chi connectivity index (χ3n) is 3.08. The number of para-hydroxylation sites is 1. The smallest absolute Gasteiger partial charge is 0.387 e. The molecule has 23 heavy (non-hydrogen) atoms. The molecule has 0 aliphatic carbocycles. The summed E-state index contributed by atoms with van der Waals surface area (Å²) >= 11 is 5.90. The summed E-state index contributed by atoms with van der Waals surface area (Å²) in [6.45, 7) is -0.209. The van der Waals surface area contributed by atoms with Crippen molar-refractivity contribution in [3.63, 3.8) is 0 Å². The molecule has 2 rings (SSSR count). The Labute approximate surface area is 137 Å². The first-order valence-corrected chi connectivity index (χ1v) is 7.36. The molecule has 1 heterocycles. The lowest BCUT2D eigenvalue weighted by molar-refractivity contribution is -0.0501. The van der Waals surface area contributed by atoms with E-state index in [0.29, 0.717) is 24.5 Å². The molecule has 5 nitrogen and oxygen atoms in total. The monoisotopic (exact) mass is 343 g/mol. The van der Waals surface area contributed by atoms with Crippen LogP contribution in [0.1, 0.15) is 22.5 Å². The highest BCUT2D eigenvalue weighted by molar-refractivity contribution is 6.31. The first-order chi connectivity index (χ1) is 11.0. The van der Waals surface area contributed by atoms with Crippen LogP contribution in [0, 0.1) is 6.92 Å². The predicted octanol–water partition coefficient (Wildman–Crippen LogP) is 3.27. The van der Waals surface area contributed by atoms with Crippen molar-refractivity contribution in [3.05, 3.63) is 46.7 Å². The Morgan fingerprint density at radius 1 is 1.43 bits per heavy atom. The summed E-state index contributed by atoms with van der Waals surface area (Å²) in [7, 11) is 0. The van der Waals surface area contributed by atoms with Gasteiger partial charge in [0.25, 0.3) is 5.91 Å². The van der Waals surface area contributed by atoms with Crippen molar-refractivity contribution in [1.82, 2.24) is 15.1 Å². The molecule has 0 spiro atoms. The first kappa shape index (κ1) is 17.2. The number of benzene rings is 1. The summed E-state index contributed by atoms with van der Waals surface area (Å²) in [4.78, 5) is 12.0. The van der Waals surface area contributed by atoms with Crippen LogP contribution in [0.3, 0.4) is 0 Å². The minimum absolute atomic E-state index is 0.0748. The molecule has 0 saturated carbocycles. The number of ether oxygens (including phenoxy) is 1.